The Labute approximate surface area is 220 Å². The van der Waals surface area contributed by atoms with Gasteiger partial charge in [0.2, 0.25) is 6.73 Å². The molecule has 0 spiro atoms. The fraction of sp³-hybridized carbons (Fsp3) is 0.321. The number of para-hydroxylation sites is 2. The maximum Gasteiger partial charge on any atom is 0.351 e. The van der Waals surface area contributed by atoms with Gasteiger partial charge in [-0.1, -0.05) is 30.3 Å². The zero-order chi connectivity index (χ0) is 26.0. The molecule has 1 aromatic heterocycles. The average Bonchev–Trinajstić information content (AvgIpc) is 3.19. The van der Waals surface area contributed by atoms with Gasteiger partial charge in [0.1, 0.15) is 10.8 Å². The molecule has 9 heteroatoms. The summed E-state index contributed by atoms with van der Waals surface area (Å²) in [6.07, 6.45) is -0.978. The van der Waals surface area contributed by atoms with E-state index in [-0.39, 0.29) is 6.73 Å². The Morgan fingerprint density at radius 3 is 2.57 bits per heavy atom. The van der Waals surface area contributed by atoms with Gasteiger partial charge < -0.3 is 19.7 Å². The van der Waals surface area contributed by atoms with Crippen molar-refractivity contribution in [2.24, 2.45) is 4.99 Å². The largest absolute Gasteiger partial charge is 0.447 e. The van der Waals surface area contributed by atoms with Crippen LogP contribution in [0.5, 0.6) is 0 Å². The normalized spacial score (nSPS) is 16.8. The molecule has 0 saturated carbocycles. The molecule has 0 aliphatic carbocycles. The number of carbonyl (C=O) groups is 2. The number of carbonyl (C=O) groups excluding carboxylic acids is 2. The molecule has 2 aromatic carbocycles. The van der Waals surface area contributed by atoms with E-state index in [4.69, 9.17) is 14.5 Å². The summed E-state index contributed by atoms with van der Waals surface area (Å²) in [5.74, 6) is -0.107. The van der Waals surface area contributed by atoms with E-state index in [0.717, 1.165) is 54.0 Å². The number of quaternary nitrogens is 1. The molecule has 2 aliphatic rings. The number of thiophene rings is 1. The Morgan fingerprint density at radius 1 is 1.11 bits per heavy atom. The molecular weight excluding hydrogens is 488 g/mol. The van der Waals surface area contributed by atoms with Gasteiger partial charge in [-0.15, -0.1) is 11.3 Å². The number of nitrogens with zero attached hydrogens (tertiary/aromatic N) is 3. The SMILES string of the molecule is Cc1cc2c(s1)Nc1ccccc1N=C2N1CC[N+](C)(COC(=O)C(C)OC(=O)c2ccccc2)CC1. The van der Waals surface area contributed by atoms with E-state index in [0.29, 0.717) is 10.0 Å². The van der Waals surface area contributed by atoms with Crippen molar-refractivity contribution in [3.63, 3.8) is 0 Å². The molecule has 192 valence electrons. The number of likely N-dealkylation sites (N-methyl/N-ethyl adjacent to an activating group) is 1. The molecular formula is C28H31N4O4S+. The topological polar surface area (TPSA) is 80.2 Å². The minimum absolute atomic E-state index is 0.222. The fourth-order valence-corrected chi connectivity index (χ4v) is 5.38. The number of fused-ring (bicyclic) bond motifs is 2. The van der Waals surface area contributed by atoms with E-state index in [1.165, 1.54) is 11.8 Å². The Kier molecular flexibility index (Phi) is 6.99. The van der Waals surface area contributed by atoms with Crippen LogP contribution in [0.2, 0.25) is 0 Å². The van der Waals surface area contributed by atoms with Crippen LogP contribution in [0.1, 0.15) is 27.7 Å². The second-order valence-corrected chi connectivity index (χ2v) is 11.0. The molecule has 0 bridgehead atoms. The Hall–Kier alpha value is -3.69. The van der Waals surface area contributed by atoms with Crippen molar-refractivity contribution in [2.75, 3.05) is 45.3 Å². The van der Waals surface area contributed by atoms with E-state index in [1.807, 2.05) is 24.3 Å². The second kappa shape index (κ2) is 10.4. The lowest BCUT2D eigenvalue weighted by atomic mass is 10.2. The van der Waals surface area contributed by atoms with Crippen molar-refractivity contribution in [1.82, 2.24) is 4.90 Å². The first-order valence-corrected chi connectivity index (χ1v) is 13.2. The number of aliphatic imine (C=N–C) groups is 1. The summed E-state index contributed by atoms with van der Waals surface area (Å²) in [5.41, 5.74) is 3.46. The highest BCUT2D eigenvalue weighted by Crippen LogP contribution is 2.39. The van der Waals surface area contributed by atoms with Gasteiger partial charge in [0, 0.05) is 4.88 Å². The van der Waals surface area contributed by atoms with Crippen molar-refractivity contribution in [3.05, 3.63) is 76.7 Å². The fourth-order valence-electron chi connectivity index (χ4n) is 4.46. The van der Waals surface area contributed by atoms with Gasteiger partial charge in [0.05, 0.1) is 55.7 Å². The summed E-state index contributed by atoms with van der Waals surface area (Å²) in [7, 11) is 2.08. The van der Waals surface area contributed by atoms with Crippen LogP contribution < -0.4 is 5.32 Å². The first kappa shape index (κ1) is 25.0. The first-order valence-electron chi connectivity index (χ1n) is 12.4. The highest BCUT2D eigenvalue weighted by molar-refractivity contribution is 7.16. The lowest BCUT2D eigenvalue weighted by Crippen LogP contribution is -2.59. The van der Waals surface area contributed by atoms with Crippen molar-refractivity contribution >= 4 is 45.5 Å². The minimum Gasteiger partial charge on any atom is -0.447 e. The molecule has 1 unspecified atom stereocenters. The van der Waals surface area contributed by atoms with Gasteiger partial charge in [-0.2, -0.15) is 0 Å². The van der Waals surface area contributed by atoms with Crippen molar-refractivity contribution in [1.29, 1.82) is 0 Å². The number of hydrogen-bond donors (Lipinski definition) is 1. The molecule has 3 aromatic rings. The lowest BCUT2D eigenvalue weighted by Gasteiger charge is -2.42. The number of piperazine rings is 1. The zero-order valence-corrected chi connectivity index (χ0v) is 22.1. The molecule has 3 heterocycles. The molecule has 2 aliphatic heterocycles. The molecule has 37 heavy (non-hydrogen) atoms. The average molecular weight is 520 g/mol. The number of amidine groups is 1. The number of ether oxygens (including phenoxy) is 2. The summed E-state index contributed by atoms with van der Waals surface area (Å²) in [4.78, 5) is 33.4. The van der Waals surface area contributed by atoms with Crippen LogP contribution in [0.15, 0.2) is 65.7 Å². The third-order valence-electron chi connectivity index (χ3n) is 6.74. The predicted molar refractivity (Wildman–Crippen MR) is 145 cm³/mol. The predicted octanol–water partition coefficient (Wildman–Crippen LogP) is 4.70. The highest BCUT2D eigenvalue weighted by atomic mass is 32.1. The van der Waals surface area contributed by atoms with Gasteiger partial charge in [-0.3, -0.25) is 4.48 Å². The van der Waals surface area contributed by atoms with Crippen molar-refractivity contribution < 1.29 is 23.5 Å². The van der Waals surface area contributed by atoms with E-state index in [1.54, 1.807) is 35.6 Å². The Bertz CT molecular complexity index is 1330. The zero-order valence-electron chi connectivity index (χ0n) is 21.3. The lowest BCUT2D eigenvalue weighted by molar-refractivity contribution is -0.929. The van der Waals surface area contributed by atoms with Crippen LogP contribution in [0.3, 0.4) is 0 Å². The van der Waals surface area contributed by atoms with Gasteiger partial charge in [0.15, 0.2) is 6.10 Å². The highest BCUT2D eigenvalue weighted by Gasteiger charge is 2.34. The van der Waals surface area contributed by atoms with Gasteiger partial charge in [-0.25, -0.2) is 14.6 Å². The Morgan fingerprint density at radius 2 is 1.81 bits per heavy atom. The number of esters is 2. The number of benzene rings is 2. The maximum absolute atomic E-state index is 12.6. The summed E-state index contributed by atoms with van der Waals surface area (Å²) >= 11 is 1.74. The van der Waals surface area contributed by atoms with Gasteiger partial charge in [0.25, 0.3) is 0 Å². The number of rotatable bonds is 5. The number of nitrogens with one attached hydrogen (secondary N) is 1. The number of hydrogen-bond acceptors (Lipinski definition) is 8. The summed E-state index contributed by atoms with van der Waals surface area (Å²) in [5, 5.41) is 4.66. The van der Waals surface area contributed by atoms with Crippen molar-refractivity contribution in [3.8, 4) is 0 Å². The van der Waals surface area contributed by atoms with Gasteiger partial charge in [-0.05, 0) is 44.2 Å². The van der Waals surface area contributed by atoms with Crippen LogP contribution >= 0.6 is 11.3 Å². The standard InChI is InChI=1S/C28H31N4O4S/c1-19-17-22-25(29-23-11-7-8-12-24(23)30-26(22)37-19)31-13-15-32(3,16-14-31)18-35-27(33)20(2)36-28(34)21-9-5-4-6-10-21/h4-12,17,20,30H,13-16,18H2,1-3H3/q+1. The third-order valence-corrected chi connectivity index (χ3v) is 7.70. The monoisotopic (exact) mass is 519 g/mol. The molecule has 5 rings (SSSR count). The minimum atomic E-state index is -0.978. The first-order chi connectivity index (χ1) is 17.8. The van der Waals surface area contributed by atoms with E-state index >= 15 is 0 Å². The summed E-state index contributed by atoms with van der Waals surface area (Å²) in [6, 6.07) is 18.9. The molecule has 0 amide bonds. The number of aryl methyl sites for hydroxylation is 1. The van der Waals surface area contributed by atoms with Crippen LogP contribution in [0, 0.1) is 6.92 Å². The van der Waals surface area contributed by atoms with Crippen LogP contribution in [0.25, 0.3) is 0 Å². The maximum atomic E-state index is 12.6. The quantitative estimate of drug-likeness (QED) is 0.389. The molecule has 1 atom stereocenters. The molecule has 1 saturated heterocycles. The van der Waals surface area contributed by atoms with Crippen LogP contribution in [0.4, 0.5) is 16.4 Å². The van der Waals surface area contributed by atoms with Crippen LogP contribution in [-0.4, -0.2) is 73.2 Å². The molecule has 1 fully saturated rings. The summed E-state index contributed by atoms with van der Waals surface area (Å²) < 4.78 is 11.5. The smallest absolute Gasteiger partial charge is 0.351 e. The Balaban J connectivity index is 1.20. The molecule has 0 radical (unpaired) electrons. The van der Waals surface area contributed by atoms with E-state index in [9.17, 15) is 9.59 Å². The number of anilines is 2. The van der Waals surface area contributed by atoms with E-state index < -0.39 is 18.0 Å². The second-order valence-electron chi connectivity index (χ2n) is 9.74. The van der Waals surface area contributed by atoms with E-state index in [2.05, 4.69) is 36.3 Å². The van der Waals surface area contributed by atoms with Crippen LogP contribution in [-0.2, 0) is 14.3 Å². The van der Waals surface area contributed by atoms with Gasteiger partial charge >= 0.3 is 11.9 Å². The summed E-state index contributed by atoms with van der Waals surface area (Å²) in [6.45, 7) is 7.01. The van der Waals surface area contributed by atoms with Crippen molar-refractivity contribution in [2.45, 2.75) is 20.0 Å². The molecule has 1 N–H and O–H groups in total. The third kappa shape index (κ3) is 5.52. The molecule has 8 nitrogen and oxygen atoms in total.